The van der Waals surface area contributed by atoms with Gasteiger partial charge < -0.3 is 9.67 Å². The standard InChI is InChI=1S/C9H16N2O/c1-3-4-8(2)11-7-10-5-9(11)6-12/h5,7-8,12H,3-4,6H2,1-2H3. The van der Waals surface area contributed by atoms with Gasteiger partial charge in [-0.05, 0) is 13.3 Å². The van der Waals surface area contributed by atoms with Crippen LogP contribution in [0.15, 0.2) is 12.5 Å². The van der Waals surface area contributed by atoms with Gasteiger partial charge in [-0.1, -0.05) is 13.3 Å². The Balaban J connectivity index is 2.71. The summed E-state index contributed by atoms with van der Waals surface area (Å²) in [5.74, 6) is 0. The molecule has 0 fully saturated rings. The van der Waals surface area contributed by atoms with Crippen molar-refractivity contribution >= 4 is 0 Å². The molecule has 0 bridgehead atoms. The normalized spacial score (nSPS) is 13.2. The van der Waals surface area contributed by atoms with E-state index in [4.69, 9.17) is 5.11 Å². The smallest absolute Gasteiger partial charge is 0.0951 e. The lowest BCUT2D eigenvalue weighted by Gasteiger charge is -2.14. The van der Waals surface area contributed by atoms with Crippen molar-refractivity contribution in [2.75, 3.05) is 0 Å². The van der Waals surface area contributed by atoms with Crippen LogP contribution in [0.5, 0.6) is 0 Å². The Kier molecular flexibility index (Phi) is 3.29. The van der Waals surface area contributed by atoms with Crippen molar-refractivity contribution in [1.82, 2.24) is 9.55 Å². The minimum Gasteiger partial charge on any atom is -0.390 e. The van der Waals surface area contributed by atoms with Gasteiger partial charge in [0.1, 0.15) is 0 Å². The molecule has 1 N–H and O–H groups in total. The zero-order valence-corrected chi connectivity index (χ0v) is 7.70. The molecule has 1 rings (SSSR count). The second-order valence-electron chi connectivity index (χ2n) is 3.09. The monoisotopic (exact) mass is 168 g/mol. The maximum atomic E-state index is 8.96. The fourth-order valence-electron chi connectivity index (χ4n) is 1.41. The maximum Gasteiger partial charge on any atom is 0.0951 e. The molecule has 0 saturated heterocycles. The van der Waals surface area contributed by atoms with Crippen LogP contribution >= 0.6 is 0 Å². The first-order chi connectivity index (χ1) is 5.79. The van der Waals surface area contributed by atoms with Crippen LogP contribution in [0, 0.1) is 0 Å². The van der Waals surface area contributed by atoms with Gasteiger partial charge in [0, 0.05) is 6.04 Å². The van der Waals surface area contributed by atoms with Gasteiger partial charge in [-0.2, -0.15) is 0 Å². The second-order valence-corrected chi connectivity index (χ2v) is 3.09. The molecule has 0 aromatic carbocycles. The summed E-state index contributed by atoms with van der Waals surface area (Å²) in [5.41, 5.74) is 0.899. The summed E-state index contributed by atoms with van der Waals surface area (Å²) in [6.45, 7) is 4.38. The average Bonchev–Trinajstić information content (AvgIpc) is 2.51. The number of aliphatic hydroxyl groups is 1. The van der Waals surface area contributed by atoms with E-state index in [1.807, 2.05) is 4.57 Å². The molecule has 3 heteroatoms. The summed E-state index contributed by atoms with van der Waals surface area (Å²) in [6, 6.07) is 0.444. The number of hydrogen-bond donors (Lipinski definition) is 1. The number of imidazole rings is 1. The van der Waals surface area contributed by atoms with Gasteiger partial charge in [-0.15, -0.1) is 0 Å². The quantitative estimate of drug-likeness (QED) is 0.743. The van der Waals surface area contributed by atoms with E-state index in [0.717, 1.165) is 18.5 Å². The second kappa shape index (κ2) is 4.26. The number of nitrogens with zero attached hydrogens (tertiary/aromatic N) is 2. The molecule has 1 aromatic heterocycles. The van der Waals surface area contributed by atoms with Crippen molar-refractivity contribution < 1.29 is 5.11 Å². The summed E-state index contributed by atoms with van der Waals surface area (Å²) in [5, 5.41) is 8.96. The SMILES string of the molecule is CCCC(C)n1cncc1CO. The average molecular weight is 168 g/mol. The largest absolute Gasteiger partial charge is 0.390 e. The topological polar surface area (TPSA) is 38.0 Å². The number of aliphatic hydroxyl groups excluding tert-OH is 1. The summed E-state index contributed by atoms with van der Waals surface area (Å²) in [4.78, 5) is 4.00. The predicted molar refractivity (Wildman–Crippen MR) is 47.8 cm³/mol. The number of rotatable bonds is 4. The van der Waals surface area contributed by atoms with Crippen LogP contribution in [0.25, 0.3) is 0 Å². The van der Waals surface area contributed by atoms with E-state index in [2.05, 4.69) is 18.8 Å². The molecule has 0 aliphatic heterocycles. The highest BCUT2D eigenvalue weighted by molar-refractivity contribution is 4.97. The summed E-state index contributed by atoms with van der Waals surface area (Å²) in [7, 11) is 0. The maximum absolute atomic E-state index is 8.96. The Morgan fingerprint density at radius 2 is 2.42 bits per heavy atom. The summed E-state index contributed by atoms with van der Waals surface area (Å²) >= 11 is 0. The molecule has 1 aromatic rings. The Bertz CT molecular complexity index is 232. The van der Waals surface area contributed by atoms with E-state index >= 15 is 0 Å². The van der Waals surface area contributed by atoms with Gasteiger partial charge in [0.05, 0.1) is 24.8 Å². The highest BCUT2D eigenvalue weighted by atomic mass is 16.3. The fourth-order valence-corrected chi connectivity index (χ4v) is 1.41. The molecule has 0 spiro atoms. The van der Waals surface area contributed by atoms with E-state index in [9.17, 15) is 0 Å². The molecule has 0 saturated carbocycles. The Morgan fingerprint density at radius 1 is 1.67 bits per heavy atom. The number of hydrogen-bond acceptors (Lipinski definition) is 2. The van der Waals surface area contributed by atoms with Gasteiger partial charge in [0.2, 0.25) is 0 Å². The lowest BCUT2D eigenvalue weighted by Crippen LogP contribution is -2.07. The lowest BCUT2D eigenvalue weighted by atomic mass is 10.2. The fraction of sp³-hybridized carbons (Fsp3) is 0.667. The van der Waals surface area contributed by atoms with Gasteiger partial charge in [0.25, 0.3) is 0 Å². The van der Waals surface area contributed by atoms with Gasteiger partial charge in [0.15, 0.2) is 0 Å². The first-order valence-corrected chi connectivity index (χ1v) is 4.41. The van der Waals surface area contributed by atoms with Crippen molar-refractivity contribution in [3.8, 4) is 0 Å². The Labute approximate surface area is 73.1 Å². The molecule has 68 valence electrons. The van der Waals surface area contributed by atoms with Crippen molar-refractivity contribution in [3.05, 3.63) is 18.2 Å². The van der Waals surface area contributed by atoms with Crippen molar-refractivity contribution in [3.63, 3.8) is 0 Å². The van der Waals surface area contributed by atoms with Gasteiger partial charge in [-0.25, -0.2) is 4.98 Å². The third kappa shape index (κ3) is 1.85. The first-order valence-electron chi connectivity index (χ1n) is 4.41. The van der Waals surface area contributed by atoms with Crippen molar-refractivity contribution in [2.24, 2.45) is 0 Å². The highest BCUT2D eigenvalue weighted by Gasteiger charge is 2.06. The molecular weight excluding hydrogens is 152 g/mol. The molecule has 0 aliphatic carbocycles. The molecular formula is C9H16N2O. The minimum absolute atomic E-state index is 0.0774. The Morgan fingerprint density at radius 3 is 3.00 bits per heavy atom. The zero-order chi connectivity index (χ0) is 8.97. The minimum atomic E-state index is 0.0774. The Hall–Kier alpha value is -0.830. The molecule has 3 nitrogen and oxygen atoms in total. The molecule has 0 amide bonds. The summed E-state index contributed by atoms with van der Waals surface area (Å²) < 4.78 is 2.03. The number of aromatic nitrogens is 2. The molecule has 0 aliphatic rings. The van der Waals surface area contributed by atoms with Crippen LogP contribution < -0.4 is 0 Å². The zero-order valence-electron chi connectivity index (χ0n) is 7.70. The summed E-state index contributed by atoms with van der Waals surface area (Å²) in [6.07, 6.45) is 5.78. The molecule has 0 radical (unpaired) electrons. The third-order valence-corrected chi connectivity index (χ3v) is 2.09. The molecule has 1 unspecified atom stereocenters. The van der Waals surface area contributed by atoms with Gasteiger partial charge >= 0.3 is 0 Å². The highest BCUT2D eigenvalue weighted by Crippen LogP contribution is 2.14. The van der Waals surface area contributed by atoms with Crippen LogP contribution in [0.2, 0.25) is 0 Å². The van der Waals surface area contributed by atoms with E-state index in [0.29, 0.717) is 6.04 Å². The molecule has 1 atom stereocenters. The van der Waals surface area contributed by atoms with E-state index in [-0.39, 0.29) is 6.61 Å². The van der Waals surface area contributed by atoms with Crippen LogP contribution in [0.3, 0.4) is 0 Å². The molecule has 12 heavy (non-hydrogen) atoms. The van der Waals surface area contributed by atoms with Crippen LogP contribution in [0.1, 0.15) is 38.4 Å². The predicted octanol–water partition coefficient (Wildman–Crippen LogP) is 1.74. The van der Waals surface area contributed by atoms with E-state index in [1.165, 1.54) is 0 Å². The first kappa shape index (κ1) is 9.26. The van der Waals surface area contributed by atoms with E-state index < -0.39 is 0 Å². The molecule has 1 heterocycles. The van der Waals surface area contributed by atoms with Gasteiger partial charge in [-0.3, -0.25) is 0 Å². The third-order valence-electron chi connectivity index (χ3n) is 2.09. The lowest BCUT2D eigenvalue weighted by molar-refractivity contribution is 0.266. The van der Waals surface area contributed by atoms with Crippen LogP contribution in [-0.4, -0.2) is 14.7 Å². The van der Waals surface area contributed by atoms with Crippen LogP contribution in [-0.2, 0) is 6.61 Å². The van der Waals surface area contributed by atoms with Crippen molar-refractivity contribution in [2.45, 2.75) is 39.3 Å². The van der Waals surface area contributed by atoms with Crippen LogP contribution in [0.4, 0.5) is 0 Å². The van der Waals surface area contributed by atoms with E-state index in [1.54, 1.807) is 12.5 Å². The van der Waals surface area contributed by atoms with Crippen molar-refractivity contribution in [1.29, 1.82) is 0 Å².